The molecule has 6 nitrogen and oxygen atoms in total. The second kappa shape index (κ2) is 13.0. The average molecular weight is 534 g/mol. The Kier molecular flexibility index (Phi) is 8.76. The molecule has 1 saturated carbocycles. The van der Waals surface area contributed by atoms with Crippen molar-refractivity contribution >= 4 is 23.3 Å². The number of hydrogen-bond donors (Lipinski definition) is 2. The number of rotatable bonds is 8. The molecule has 0 spiro atoms. The van der Waals surface area contributed by atoms with Gasteiger partial charge in [-0.05, 0) is 54.3 Å². The van der Waals surface area contributed by atoms with Gasteiger partial charge in [0.05, 0.1) is 5.56 Å². The Morgan fingerprint density at radius 3 is 1.88 bits per heavy atom. The summed E-state index contributed by atoms with van der Waals surface area (Å²) in [5.74, 6) is 0.355. The first-order valence-electron chi connectivity index (χ1n) is 13.9. The fraction of sp³-hybridized carbons (Fsp3) is 0.235. The van der Waals surface area contributed by atoms with Gasteiger partial charge in [0.25, 0.3) is 5.91 Å². The van der Waals surface area contributed by atoms with Crippen molar-refractivity contribution in [2.45, 2.75) is 44.2 Å². The number of para-hydroxylation sites is 1. The molecule has 0 atom stereocenters. The van der Waals surface area contributed by atoms with Crippen molar-refractivity contribution < 1.29 is 14.3 Å². The van der Waals surface area contributed by atoms with Crippen LogP contribution in [0.2, 0.25) is 0 Å². The summed E-state index contributed by atoms with van der Waals surface area (Å²) in [7, 11) is 1.87. The zero-order valence-electron chi connectivity index (χ0n) is 22.8. The van der Waals surface area contributed by atoms with Crippen molar-refractivity contribution in [2.24, 2.45) is 0 Å². The summed E-state index contributed by atoms with van der Waals surface area (Å²) in [6.45, 7) is 0. The van der Waals surface area contributed by atoms with Crippen molar-refractivity contribution in [3.63, 3.8) is 0 Å². The molecule has 204 valence electrons. The number of anilines is 2. The van der Waals surface area contributed by atoms with Crippen LogP contribution in [0.25, 0.3) is 0 Å². The van der Waals surface area contributed by atoms with E-state index in [-0.39, 0.29) is 18.0 Å². The van der Waals surface area contributed by atoms with Crippen molar-refractivity contribution in [1.29, 1.82) is 0 Å². The topological polar surface area (TPSA) is 70.7 Å². The van der Waals surface area contributed by atoms with E-state index in [1.807, 2.05) is 103 Å². The Bertz CT molecular complexity index is 1370. The molecular weight excluding hydrogens is 498 g/mol. The third-order valence-electron chi connectivity index (χ3n) is 7.39. The van der Waals surface area contributed by atoms with Crippen LogP contribution in [0.4, 0.5) is 16.2 Å². The molecule has 5 rings (SSSR count). The van der Waals surface area contributed by atoms with Gasteiger partial charge in [-0.1, -0.05) is 98.1 Å². The van der Waals surface area contributed by atoms with Crippen LogP contribution in [0.15, 0.2) is 109 Å². The van der Waals surface area contributed by atoms with Gasteiger partial charge in [0.2, 0.25) is 0 Å². The zero-order valence-corrected chi connectivity index (χ0v) is 22.8. The monoisotopic (exact) mass is 533 g/mol. The third kappa shape index (κ3) is 6.70. The number of nitrogens with zero attached hydrogens (tertiary/aromatic N) is 1. The summed E-state index contributed by atoms with van der Waals surface area (Å²) >= 11 is 0. The van der Waals surface area contributed by atoms with Gasteiger partial charge in [-0.3, -0.25) is 4.79 Å². The molecule has 0 radical (unpaired) electrons. The van der Waals surface area contributed by atoms with Crippen LogP contribution in [0.3, 0.4) is 0 Å². The molecule has 6 heteroatoms. The predicted molar refractivity (Wildman–Crippen MR) is 160 cm³/mol. The Hall–Kier alpha value is -4.58. The number of hydrogen-bond acceptors (Lipinski definition) is 3. The molecule has 0 aliphatic heterocycles. The van der Waals surface area contributed by atoms with E-state index in [4.69, 9.17) is 4.74 Å². The van der Waals surface area contributed by atoms with Crippen molar-refractivity contribution in [2.75, 3.05) is 17.7 Å². The van der Waals surface area contributed by atoms with Gasteiger partial charge in [0.15, 0.2) is 0 Å². The Morgan fingerprint density at radius 1 is 0.725 bits per heavy atom. The van der Waals surface area contributed by atoms with Crippen LogP contribution in [0, 0.1) is 0 Å². The maximum Gasteiger partial charge on any atom is 0.323 e. The molecule has 3 amide bonds. The first kappa shape index (κ1) is 27.0. The molecule has 4 aromatic rings. The number of amides is 3. The van der Waals surface area contributed by atoms with E-state index in [1.54, 1.807) is 18.2 Å². The van der Waals surface area contributed by atoms with Gasteiger partial charge in [-0.15, -0.1) is 0 Å². The molecule has 0 bridgehead atoms. The summed E-state index contributed by atoms with van der Waals surface area (Å²) in [6.07, 6.45) is 5.03. The Morgan fingerprint density at radius 2 is 1.27 bits per heavy atom. The van der Waals surface area contributed by atoms with E-state index in [9.17, 15) is 9.59 Å². The van der Waals surface area contributed by atoms with Gasteiger partial charge in [-0.25, -0.2) is 4.79 Å². The van der Waals surface area contributed by atoms with Crippen LogP contribution in [0.5, 0.6) is 5.75 Å². The van der Waals surface area contributed by atoms with Gasteiger partial charge in [-0.2, -0.15) is 0 Å². The maximum absolute atomic E-state index is 14.0. The highest BCUT2D eigenvalue weighted by Gasteiger charge is 2.27. The van der Waals surface area contributed by atoms with Crippen molar-refractivity contribution in [1.82, 2.24) is 4.90 Å². The number of ether oxygens (including phenoxy) is 1. The van der Waals surface area contributed by atoms with Crippen LogP contribution in [0.1, 0.15) is 59.7 Å². The van der Waals surface area contributed by atoms with E-state index >= 15 is 0 Å². The van der Waals surface area contributed by atoms with Gasteiger partial charge in [0.1, 0.15) is 11.9 Å². The van der Waals surface area contributed by atoms with E-state index in [2.05, 4.69) is 10.6 Å². The molecule has 0 aromatic heterocycles. The lowest BCUT2D eigenvalue weighted by molar-refractivity contribution is 0.0690. The molecule has 0 saturated heterocycles. The van der Waals surface area contributed by atoms with E-state index < -0.39 is 6.10 Å². The second-order valence-electron chi connectivity index (χ2n) is 10.2. The van der Waals surface area contributed by atoms with Gasteiger partial charge >= 0.3 is 6.03 Å². The summed E-state index contributed by atoms with van der Waals surface area (Å²) in [5, 5.41) is 5.70. The molecule has 1 aliphatic rings. The van der Waals surface area contributed by atoms with Gasteiger partial charge in [0, 0.05) is 24.5 Å². The summed E-state index contributed by atoms with van der Waals surface area (Å²) in [6, 6.07) is 34.3. The lowest BCUT2D eigenvalue weighted by Gasteiger charge is -2.32. The molecule has 40 heavy (non-hydrogen) atoms. The highest BCUT2D eigenvalue weighted by Crippen LogP contribution is 2.34. The van der Waals surface area contributed by atoms with Crippen molar-refractivity contribution in [3.8, 4) is 5.75 Å². The molecule has 1 aliphatic carbocycles. The lowest BCUT2D eigenvalue weighted by atomic mass is 9.94. The van der Waals surface area contributed by atoms with Crippen LogP contribution < -0.4 is 15.4 Å². The summed E-state index contributed by atoms with van der Waals surface area (Å²) < 4.78 is 6.66. The lowest BCUT2D eigenvalue weighted by Crippen LogP contribution is -2.38. The fourth-order valence-electron chi connectivity index (χ4n) is 5.23. The summed E-state index contributed by atoms with van der Waals surface area (Å²) in [4.78, 5) is 28.5. The first-order chi connectivity index (χ1) is 19.6. The third-order valence-corrected chi connectivity index (χ3v) is 7.39. The highest BCUT2D eigenvalue weighted by molar-refractivity contribution is 6.02. The van der Waals surface area contributed by atoms with Crippen LogP contribution in [-0.4, -0.2) is 29.9 Å². The SMILES string of the molecule is CN(C(=O)c1cc(NC(=O)Nc2ccccc2)ccc1OC(c1ccccc1)c1ccccc1)C1CCCCC1. The number of carbonyl (C=O) groups is 2. The van der Waals surface area contributed by atoms with Crippen LogP contribution in [-0.2, 0) is 0 Å². The van der Waals surface area contributed by atoms with Crippen LogP contribution >= 0.6 is 0 Å². The van der Waals surface area contributed by atoms with Gasteiger partial charge < -0.3 is 20.3 Å². The maximum atomic E-state index is 14.0. The molecule has 1 fully saturated rings. The van der Waals surface area contributed by atoms with E-state index in [0.717, 1.165) is 36.8 Å². The Balaban J connectivity index is 1.47. The quantitative estimate of drug-likeness (QED) is 0.242. The molecule has 0 heterocycles. The normalized spacial score (nSPS) is 13.4. The van der Waals surface area contributed by atoms with Crippen molar-refractivity contribution in [3.05, 3.63) is 126 Å². The smallest absolute Gasteiger partial charge is 0.323 e. The minimum absolute atomic E-state index is 0.117. The average Bonchev–Trinajstić information content (AvgIpc) is 3.01. The fourth-order valence-corrected chi connectivity index (χ4v) is 5.23. The number of urea groups is 1. The Labute approximate surface area is 236 Å². The standard InChI is InChI=1S/C34H35N3O3/c1-37(29-20-12-5-13-21-29)33(38)30-24-28(36-34(39)35-27-18-10-4-11-19-27)22-23-31(30)40-32(25-14-6-2-7-15-25)26-16-8-3-9-17-26/h2-4,6-11,14-19,22-24,29,32H,5,12-13,20-21H2,1H3,(H2,35,36,39). The molecule has 2 N–H and O–H groups in total. The minimum Gasteiger partial charge on any atom is -0.480 e. The molecule has 4 aromatic carbocycles. The first-order valence-corrected chi connectivity index (χ1v) is 13.9. The molecule has 0 unspecified atom stereocenters. The minimum atomic E-state index is -0.408. The van der Waals surface area contributed by atoms with E-state index in [1.165, 1.54) is 6.42 Å². The largest absolute Gasteiger partial charge is 0.480 e. The zero-order chi connectivity index (χ0) is 27.7. The van der Waals surface area contributed by atoms with E-state index in [0.29, 0.717) is 22.7 Å². The second-order valence-corrected chi connectivity index (χ2v) is 10.2. The number of nitrogens with one attached hydrogen (secondary N) is 2. The summed E-state index contributed by atoms with van der Waals surface area (Å²) in [5.41, 5.74) is 3.58. The highest BCUT2D eigenvalue weighted by atomic mass is 16.5. The predicted octanol–water partition coefficient (Wildman–Crippen LogP) is 7.90. The number of carbonyl (C=O) groups excluding carboxylic acids is 2. The molecular formula is C34H35N3O3. The number of benzene rings is 4.